The first-order valence-corrected chi connectivity index (χ1v) is 7.90. The molecule has 1 aliphatic rings. The maximum Gasteiger partial charge on any atom is 0.277 e. The van der Waals surface area contributed by atoms with E-state index in [-0.39, 0.29) is 0 Å². The topological polar surface area (TPSA) is 84.2 Å². The van der Waals surface area contributed by atoms with Crippen molar-refractivity contribution in [2.24, 2.45) is 11.7 Å². The molecule has 1 fully saturated rings. The number of hydrogen-bond acceptors (Lipinski definition) is 3. The predicted molar refractivity (Wildman–Crippen MR) is 69.8 cm³/mol. The zero-order chi connectivity index (χ0) is 12.9. The van der Waals surface area contributed by atoms with Gasteiger partial charge >= 0.3 is 0 Å². The molecule has 102 valence electrons. The van der Waals surface area contributed by atoms with Crippen LogP contribution in [0.1, 0.15) is 46.0 Å². The molecule has 0 aromatic heterocycles. The Morgan fingerprint density at radius 1 is 1.47 bits per heavy atom. The molecular weight excluding hydrogens is 238 g/mol. The SMILES string of the molecule is CCCNS(=O)(=O)NC1(CN)CCCC(C)C1. The fourth-order valence-electron chi connectivity index (χ4n) is 2.54. The molecule has 1 rings (SSSR count). The van der Waals surface area contributed by atoms with E-state index in [1.807, 2.05) is 6.92 Å². The molecule has 0 aliphatic heterocycles. The van der Waals surface area contributed by atoms with Gasteiger partial charge in [-0.3, -0.25) is 0 Å². The van der Waals surface area contributed by atoms with Crippen molar-refractivity contribution in [3.63, 3.8) is 0 Å². The highest BCUT2D eigenvalue weighted by Gasteiger charge is 2.36. The fourth-order valence-corrected chi connectivity index (χ4v) is 3.92. The van der Waals surface area contributed by atoms with Gasteiger partial charge in [0.2, 0.25) is 0 Å². The summed E-state index contributed by atoms with van der Waals surface area (Å²) in [5.41, 5.74) is 5.33. The second-order valence-corrected chi connectivity index (χ2v) is 6.69. The second-order valence-electron chi connectivity index (χ2n) is 5.19. The van der Waals surface area contributed by atoms with E-state index >= 15 is 0 Å². The van der Waals surface area contributed by atoms with Crippen molar-refractivity contribution in [1.29, 1.82) is 0 Å². The smallest absolute Gasteiger partial charge is 0.277 e. The molecule has 2 unspecified atom stereocenters. The third-order valence-corrected chi connectivity index (χ3v) is 4.66. The Morgan fingerprint density at radius 2 is 2.18 bits per heavy atom. The summed E-state index contributed by atoms with van der Waals surface area (Å²) in [6, 6.07) is 0. The highest BCUT2D eigenvalue weighted by Crippen LogP contribution is 2.31. The number of hydrogen-bond donors (Lipinski definition) is 3. The minimum Gasteiger partial charge on any atom is -0.329 e. The minimum absolute atomic E-state index is 0.365. The van der Waals surface area contributed by atoms with Gasteiger partial charge in [-0.15, -0.1) is 0 Å². The minimum atomic E-state index is -3.42. The Morgan fingerprint density at radius 3 is 2.71 bits per heavy atom. The molecular formula is C11H25N3O2S. The molecule has 6 heteroatoms. The summed E-state index contributed by atoms with van der Waals surface area (Å²) in [5.74, 6) is 0.529. The molecule has 0 amide bonds. The van der Waals surface area contributed by atoms with Gasteiger partial charge in [0.05, 0.1) is 0 Å². The monoisotopic (exact) mass is 263 g/mol. The predicted octanol–water partition coefficient (Wildman–Crippen LogP) is 0.728. The van der Waals surface area contributed by atoms with Gasteiger partial charge in [-0.1, -0.05) is 26.7 Å². The van der Waals surface area contributed by atoms with Crippen LogP contribution in [0.3, 0.4) is 0 Å². The number of nitrogens with two attached hydrogens (primary N) is 1. The third kappa shape index (κ3) is 4.54. The van der Waals surface area contributed by atoms with Crippen LogP contribution in [0.15, 0.2) is 0 Å². The van der Waals surface area contributed by atoms with Crippen molar-refractivity contribution in [3.05, 3.63) is 0 Å². The summed E-state index contributed by atoms with van der Waals surface area (Å²) in [4.78, 5) is 0. The van der Waals surface area contributed by atoms with E-state index in [9.17, 15) is 8.42 Å². The van der Waals surface area contributed by atoms with Gasteiger partial charge in [0.1, 0.15) is 0 Å². The summed E-state index contributed by atoms with van der Waals surface area (Å²) in [6.45, 7) is 4.91. The zero-order valence-corrected chi connectivity index (χ0v) is 11.6. The third-order valence-electron chi connectivity index (χ3n) is 3.38. The van der Waals surface area contributed by atoms with Gasteiger partial charge in [-0.05, 0) is 25.2 Å². The van der Waals surface area contributed by atoms with Crippen LogP contribution in [0.2, 0.25) is 0 Å². The Bertz CT molecular complexity index is 332. The summed E-state index contributed by atoms with van der Waals surface area (Å²) >= 11 is 0. The van der Waals surface area contributed by atoms with Crippen LogP contribution < -0.4 is 15.2 Å². The van der Waals surface area contributed by atoms with Crippen molar-refractivity contribution in [2.75, 3.05) is 13.1 Å². The van der Waals surface area contributed by atoms with E-state index in [0.717, 1.165) is 32.1 Å². The quantitative estimate of drug-likeness (QED) is 0.660. The molecule has 17 heavy (non-hydrogen) atoms. The molecule has 1 aliphatic carbocycles. The zero-order valence-electron chi connectivity index (χ0n) is 10.8. The number of rotatable bonds is 6. The van der Waals surface area contributed by atoms with Crippen molar-refractivity contribution >= 4 is 10.2 Å². The van der Waals surface area contributed by atoms with Crippen molar-refractivity contribution in [3.8, 4) is 0 Å². The molecule has 1 saturated carbocycles. The maximum atomic E-state index is 11.9. The first-order valence-electron chi connectivity index (χ1n) is 6.41. The van der Waals surface area contributed by atoms with E-state index in [2.05, 4.69) is 16.4 Å². The van der Waals surface area contributed by atoms with E-state index in [4.69, 9.17) is 5.73 Å². The van der Waals surface area contributed by atoms with Gasteiger partial charge < -0.3 is 5.73 Å². The molecule has 5 nitrogen and oxygen atoms in total. The lowest BCUT2D eigenvalue weighted by molar-refractivity contribution is 0.222. The van der Waals surface area contributed by atoms with Crippen LogP contribution in [-0.2, 0) is 10.2 Å². The average Bonchev–Trinajstić information content (AvgIpc) is 2.26. The molecule has 0 heterocycles. The van der Waals surface area contributed by atoms with E-state index in [1.165, 1.54) is 0 Å². The van der Waals surface area contributed by atoms with Gasteiger partial charge in [-0.25, -0.2) is 4.72 Å². The molecule has 2 atom stereocenters. The Hall–Kier alpha value is -0.170. The maximum absolute atomic E-state index is 11.9. The lowest BCUT2D eigenvalue weighted by Gasteiger charge is -2.39. The molecule has 0 bridgehead atoms. The van der Waals surface area contributed by atoms with Gasteiger partial charge in [0.25, 0.3) is 10.2 Å². The van der Waals surface area contributed by atoms with Crippen LogP contribution in [0.4, 0.5) is 0 Å². The summed E-state index contributed by atoms with van der Waals surface area (Å²) in [7, 11) is -3.42. The van der Waals surface area contributed by atoms with Crippen LogP contribution in [0.5, 0.6) is 0 Å². The fraction of sp³-hybridized carbons (Fsp3) is 1.00. The standard InChI is InChI=1S/C11H25N3O2S/c1-3-7-13-17(15,16)14-11(9-12)6-4-5-10(2)8-11/h10,13-14H,3-9,12H2,1-2H3. The molecule has 0 aromatic carbocycles. The van der Waals surface area contributed by atoms with Gasteiger partial charge in [0.15, 0.2) is 0 Å². The summed E-state index contributed by atoms with van der Waals surface area (Å²) in [5, 5.41) is 0. The van der Waals surface area contributed by atoms with E-state index in [0.29, 0.717) is 19.0 Å². The molecule has 4 N–H and O–H groups in total. The van der Waals surface area contributed by atoms with Crippen molar-refractivity contribution < 1.29 is 8.42 Å². The van der Waals surface area contributed by atoms with Gasteiger partial charge in [0, 0.05) is 18.6 Å². The lowest BCUT2D eigenvalue weighted by Crippen LogP contribution is -2.58. The molecule has 0 radical (unpaired) electrons. The first kappa shape index (κ1) is 14.9. The summed E-state index contributed by atoms with van der Waals surface area (Å²) in [6.07, 6.45) is 4.64. The van der Waals surface area contributed by atoms with Crippen molar-refractivity contribution in [1.82, 2.24) is 9.44 Å². The molecule has 0 aromatic rings. The van der Waals surface area contributed by atoms with Crippen molar-refractivity contribution in [2.45, 2.75) is 51.5 Å². The lowest BCUT2D eigenvalue weighted by atomic mass is 9.77. The van der Waals surface area contributed by atoms with Crippen LogP contribution >= 0.6 is 0 Å². The molecule has 0 saturated heterocycles. The van der Waals surface area contributed by atoms with E-state index in [1.54, 1.807) is 0 Å². The van der Waals surface area contributed by atoms with Crippen LogP contribution in [0, 0.1) is 5.92 Å². The average molecular weight is 263 g/mol. The first-order chi connectivity index (χ1) is 7.93. The highest BCUT2D eigenvalue weighted by molar-refractivity contribution is 7.87. The normalized spacial score (nSPS) is 30.4. The van der Waals surface area contributed by atoms with E-state index < -0.39 is 15.7 Å². The Balaban J connectivity index is 2.68. The Kier molecular flexibility index (Phi) is 5.37. The second kappa shape index (κ2) is 6.13. The largest absolute Gasteiger partial charge is 0.329 e. The van der Waals surface area contributed by atoms with Crippen LogP contribution in [-0.4, -0.2) is 27.0 Å². The summed E-state index contributed by atoms with van der Waals surface area (Å²) < 4.78 is 29.0. The highest BCUT2D eigenvalue weighted by atomic mass is 32.2. The molecule has 0 spiro atoms. The van der Waals surface area contributed by atoms with Crippen LogP contribution in [0.25, 0.3) is 0 Å². The number of nitrogens with one attached hydrogen (secondary N) is 2. The Labute approximate surface area is 105 Å². The van der Waals surface area contributed by atoms with Gasteiger partial charge in [-0.2, -0.15) is 13.1 Å².